The van der Waals surface area contributed by atoms with E-state index >= 15 is 0 Å². The third-order valence-corrected chi connectivity index (χ3v) is 4.55. The van der Waals surface area contributed by atoms with Gasteiger partial charge in [0.2, 0.25) is 0 Å². The number of hydrogen-bond acceptors (Lipinski definition) is 2. The van der Waals surface area contributed by atoms with Crippen molar-refractivity contribution in [1.29, 1.82) is 0 Å². The van der Waals surface area contributed by atoms with Crippen LogP contribution in [0, 0.1) is 0 Å². The number of rotatable bonds is 3. The molecule has 0 aliphatic rings. The average Bonchev–Trinajstić information content (AvgIpc) is 2.97. The number of fused-ring (bicyclic) bond motifs is 1. The molecule has 3 aromatic rings. The van der Waals surface area contributed by atoms with Gasteiger partial charge in [0.05, 0.1) is 11.6 Å². The molecule has 0 aliphatic heterocycles. The molecule has 4 heteroatoms. The van der Waals surface area contributed by atoms with Crippen LogP contribution in [-0.4, -0.2) is 17.9 Å². The number of furan rings is 1. The van der Waals surface area contributed by atoms with E-state index in [-0.39, 0.29) is 11.9 Å². The van der Waals surface area contributed by atoms with Gasteiger partial charge in [-0.25, -0.2) is 0 Å². The minimum absolute atomic E-state index is 0.0413. The SMILES string of the molecule is CC(c1cc2ccccc2o1)N(C)C(=O)c1ccccc1Br. The standard InChI is InChI=1S/C18H16BrNO2/c1-12(17-11-13-7-3-6-10-16(13)22-17)20(2)18(21)14-8-4-5-9-15(14)19/h3-12H,1-2H3. The predicted octanol–water partition coefficient (Wildman–Crippen LogP) is 5.03. The minimum atomic E-state index is -0.146. The van der Waals surface area contributed by atoms with Crippen LogP contribution in [0.15, 0.2) is 63.5 Å². The Kier molecular flexibility index (Phi) is 4.03. The topological polar surface area (TPSA) is 33.5 Å². The molecule has 0 aliphatic carbocycles. The van der Waals surface area contributed by atoms with Crippen molar-refractivity contribution in [3.63, 3.8) is 0 Å². The van der Waals surface area contributed by atoms with Gasteiger partial charge in [0.1, 0.15) is 11.3 Å². The lowest BCUT2D eigenvalue weighted by atomic mass is 10.1. The van der Waals surface area contributed by atoms with Crippen LogP contribution in [0.2, 0.25) is 0 Å². The van der Waals surface area contributed by atoms with E-state index in [1.54, 1.807) is 11.9 Å². The van der Waals surface area contributed by atoms with Crippen LogP contribution in [0.4, 0.5) is 0 Å². The summed E-state index contributed by atoms with van der Waals surface area (Å²) >= 11 is 3.43. The molecule has 0 N–H and O–H groups in total. The van der Waals surface area contributed by atoms with Crippen molar-refractivity contribution in [3.8, 4) is 0 Å². The maximum Gasteiger partial charge on any atom is 0.255 e. The van der Waals surface area contributed by atoms with Crippen LogP contribution < -0.4 is 0 Å². The van der Waals surface area contributed by atoms with Gasteiger partial charge in [0.15, 0.2) is 0 Å². The monoisotopic (exact) mass is 357 g/mol. The van der Waals surface area contributed by atoms with Gasteiger partial charge in [-0.3, -0.25) is 4.79 Å². The fourth-order valence-electron chi connectivity index (χ4n) is 2.40. The zero-order chi connectivity index (χ0) is 15.7. The molecule has 3 rings (SSSR count). The largest absolute Gasteiger partial charge is 0.459 e. The number of hydrogen-bond donors (Lipinski definition) is 0. The average molecular weight is 358 g/mol. The lowest BCUT2D eigenvalue weighted by molar-refractivity contribution is 0.0726. The molecule has 2 aromatic carbocycles. The van der Waals surface area contributed by atoms with Crippen molar-refractivity contribution < 1.29 is 9.21 Å². The van der Waals surface area contributed by atoms with Crippen molar-refractivity contribution in [1.82, 2.24) is 4.90 Å². The first kappa shape index (κ1) is 14.9. The Morgan fingerprint density at radius 3 is 2.55 bits per heavy atom. The quantitative estimate of drug-likeness (QED) is 0.658. The summed E-state index contributed by atoms with van der Waals surface area (Å²) < 4.78 is 6.66. The summed E-state index contributed by atoms with van der Waals surface area (Å²) in [5, 5.41) is 1.05. The van der Waals surface area contributed by atoms with Gasteiger partial charge < -0.3 is 9.32 Å². The summed E-state index contributed by atoms with van der Waals surface area (Å²) in [4.78, 5) is 14.3. The van der Waals surface area contributed by atoms with E-state index in [1.807, 2.05) is 61.5 Å². The first-order valence-corrected chi connectivity index (χ1v) is 7.87. The lowest BCUT2D eigenvalue weighted by Crippen LogP contribution is -2.29. The fraction of sp³-hybridized carbons (Fsp3) is 0.167. The van der Waals surface area contributed by atoms with Crippen molar-refractivity contribution in [2.75, 3.05) is 7.05 Å². The Balaban J connectivity index is 1.89. The Labute approximate surface area is 137 Å². The molecule has 112 valence electrons. The normalized spacial score (nSPS) is 12.3. The number of para-hydroxylation sites is 1. The van der Waals surface area contributed by atoms with E-state index in [9.17, 15) is 4.79 Å². The van der Waals surface area contributed by atoms with Crippen LogP contribution in [0.25, 0.3) is 11.0 Å². The number of nitrogens with zero attached hydrogens (tertiary/aromatic N) is 1. The molecule has 1 unspecified atom stereocenters. The third kappa shape index (κ3) is 2.66. The number of carbonyl (C=O) groups excluding carboxylic acids is 1. The molecule has 0 fully saturated rings. The Morgan fingerprint density at radius 2 is 1.82 bits per heavy atom. The molecule has 0 saturated heterocycles. The van der Waals surface area contributed by atoms with E-state index in [0.29, 0.717) is 5.56 Å². The summed E-state index contributed by atoms with van der Waals surface area (Å²) in [6.07, 6.45) is 0. The maximum atomic E-state index is 12.6. The lowest BCUT2D eigenvalue weighted by Gasteiger charge is -2.23. The first-order chi connectivity index (χ1) is 10.6. The fourth-order valence-corrected chi connectivity index (χ4v) is 2.85. The zero-order valence-corrected chi connectivity index (χ0v) is 14.0. The van der Waals surface area contributed by atoms with Gasteiger partial charge in [0.25, 0.3) is 5.91 Å². The van der Waals surface area contributed by atoms with Crippen molar-refractivity contribution in [3.05, 3.63) is 70.4 Å². The molecular weight excluding hydrogens is 342 g/mol. The molecule has 0 saturated carbocycles. The Hall–Kier alpha value is -2.07. The molecule has 1 heterocycles. The third-order valence-electron chi connectivity index (χ3n) is 3.86. The molecule has 0 spiro atoms. The molecular formula is C18H16BrNO2. The molecule has 1 aromatic heterocycles. The maximum absolute atomic E-state index is 12.6. The minimum Gasteiger partial charge on any atom is -0.459 e. The van der Waals surface area contributed by atoms with Gasteiger partial charge in [-0.05, 0) is 47.1 Å². The summed E-state index contributed by atoms with van der Waals surface area (Å²) in [5.74, 6) is 0.740. The van der Waals surface area contributed by atoms with Gasteiger partial charge in [-0.15, -0.1) is 0 Å². The van der Waals surface area contributed by atoms with Gasteiger partial charge in [-0.2, -0.15) is 0 Å². The molecule has 22 heavy (non-hydrogen) atoms. The molecule has 0 radical (unpaired) electrons. The summed E-state index contributed by atoms with van der Waals surface area (Å²) in [5.41, 5.74) is 1.49. The molecule has 3 nitrogen and oxygen atoms in total. The highest BCUT2D eigenvalue weighted by molar-refractivity contribution is 9.10. The summed E-state index contributed by atoms with van der Waals surface area (Å²) in [6, 6.07) is 17.1. The smallest absolute Gasteiger partial charge is 0.255 e. The van der Waals surface area contributed by atoms with E-state index in [1.165, 1.54) is 0 Å². The highest BCUT2D eigenvalue weighted by atomic mass is 79.9. The second kappa shape index (κ2) is 5.97. The number of benzene rings is 2. The number of amides is 1. The summed E-state index contributed by atoms with van der Waals surface area (Å²) in [7, 11) is 1.79. The van der Waals surface area contributed by atoms with E-state index in [4.69, 9.17) is 4.42 Å². The summed E-state index contributed by atoms with van der Waals surface area (Å²) in [6.45, 7) is 1.96. The van der Waals surface area contributed by atoms with Gasteiger partial charge in [0, 0.05) is 16.9 Å². The Morgan fingerprint density at radius 1 is 1.14 bits per heavy atom. The van der Waals surface area contributed by atoms with Gasteiger partial charge in [-0.1, -0.05) is 30.3 Å². The highest BCUT2D eigenvalue weighted by Gasteiger charge is 2.23. The van der Waals surface area contributed by atoms with E-state index in [2.05, 4.69) is 15.9 Å². The zero-order valence-electron chi connectivity index (χ0n) is 12.4. The van der Waals surface area contributed by atoms with Crippen LogP contribution >= 0.6 is 15.9 Å². The number of halogens is 1. The van der Waals surface area contributed by atoms with Crippen LogP contribution in [-0.2, 0) is 0 Å². The second-order valence-corrected chi connectivity index (χ2v) is 6.11. The van der Waals surface area contributed by atoms with Crippen molar-refractivity contribution >= 4 is 32.8 Å². The second-order valence-electron chi connectivity index (χ2n) is 5.26. The van der Waals surface area contributed by atoms with Crippen molar-refractivity contribution in [2.45, 2.75) is 13.0 Å². The van der Waals surface area contributed by atoms with E-state index < -0.39 is 0 Å². The van der Waals surface area contributed by atoms with Gasteiger partial charge >= 0.3 is 0 Å². The molecule has 1 atom stereocenters. The van der Waals surface area contributed by atoms with E-state index in [0.717, 1.165) is 21.2 Å². The Bertz CT molecular complexity index is 792. The molecule has 0 bridgehead atoms. The van der Waals surface area contributed by atoms with Crippen LogP contribution in [0.3, 0.4) is 0 Å². The number of carbonyl (C=O) groups is 1. The highest BCUT2D eigenvalue weighted by Crippen LogP contribution is 2.28. The molecule has 1 amide bonds. The predicted molar refractivity (Wildman–Crippen MR) is 90.9 cm³/mol. The van der Waals surface area contributed by atoms with Crippen LogP contribution in [0.1, 0.15) is 29.1 Å². The van der Waals surface area contributed by atoms with Crippen LogP contribution in [0.5, 0.6) is 0 Å². The van der Waals surface area contributed by atoms with Crippen molar-refractivity contribution in [2.24, 2.45) is 0 Å². The first-order valence-electron chi connectivity index (χ1n) is 7.08.